The van der Waals surface area contributed by atoms with Gasteiger partial charge in [0.2, 0.25) is 0 Å². The Morgan fingerprint density at radius 1 is 1.45 bits per heavy atom. The molecule has 0 aliphatic heterocycles. The van der Waals surface area contributed by atoms with Crippen molar-refractivity contribution < 1.29 is 4.79 Å². The summed E-state index contributed by atoms with van der Waals surface area (Å²) in [6.45, 7) is 0. The molecule has 1 fully saturated rings. The summed E-state index contributed by atoms with van der Waals surface area (Å²) in [5.74, 6) is 0.244. The van der Waals surface area contributed by atoms with Crippen LogP contribution in [-0.2, 0) is 4.79 Å². The van der Waals surface area contributed by atoms with Crippen molar-refractivity contribution in [3.63, 3.8) is 0 Å². The summed E-state index contributed by atoms with van der Waals surface area (Å²) < 4.78 is -1.10. The van der Waals surface area contributed by atoms with Gasteiger partial charge in [0.05, 0.1) is 0 Å². The maximum atomic E-state index is 11.3. The second-order valence-corrected chi connectivity index (χ2v) is 6.00. The first-order valence-electron chi connectivity index (χ1n) is 3.65. The van der Waals surface area contributed by atoms with Crippen molar-refractivity contribution in [1.82, 2.24) is 0 Å². The number of rotatable bonds is 0. The van der Waals surface area contributed by atoms with Crippen LogP contribution in [-0.4, -0.2) is 20.4 Å². The molecule has 0 spiro atoms. The van der Waals surface area contributed by atoms with E-state index in [1.54, 1.807) is 0 Å². The molecule has 0 N–H and O–H groups in total. The Kier molecular flexibility index (Phi) is 1.51. The highest BCUT2D eigenvalue weighted by molar-refractivity contribution is 6.61. The van der Waals surface area contributed by atoms with Crippen LogP contribution in [0, 0.1) is 11.8 Å². The zero-order chi connectivity index (χ0) is 8.22. The molecule has 11 heavy (non-hydrogen) atoms. The standard InChI is InChI=1S/C7H8Cl2OSi/c8-7(9)3-1-2-4(11)5(3)6(7)10/h1-5H,11H3/t3-,4-,5-/m0/s1. The normalized spacial score (nSPS) is 45.6. The van der Waals surface area contributed by atoms with Gasteiger partial charge in [-0.15, -0.1) is 0 Å². The quantitative estimate of drug-likeness (QED) is 0.324. The maximum Gasteiger partial charge on any atom is 0.183 e. The van der Waals surface area contributed by atoms with Gasteiger partial charge in [0.15, 0.2) is 10.1 Å². The topological polar surface area (TPSA) is 17.1 Å². The summed E-state index contributed by atoms with van der Waals surface area (Å²) in [5.41, 5.74) is 0.457. The molecule has 0 aromatic carbocycles. The van der Waals surface area contributed by atoms with Crippen LogP contribution in [0.25, 0.3) is 0 Å². The fourth-order valence-electron chi connectivity index (χ4n) is 1.90. The Morgan fingerprint density at radius 2 is 2.09 bits per heavy atom. The van der Waals surface area contributed by atoms with Crippen LogP contribution in [0.5, 0.6) is 0 Å². The largest absolute Gasteiger partial charge is 0.296 e. The molecule has 1 saturated carbocycles. The Labute approximate surface area is 78.2 Å². The fraction of sp³-hybridized carbons (Fsp3) is 0.571. The molecule has 4 heteroatoms. The van der Waals surface area contributed by atoms with Gasteiger partial charge in [-0.05, 0) is 5.54 Å². The molecular formula is C7H8Cl2OSi. The average molecular weight is 207 g/mol. The van der Waals surface area contributed by atoms with E-state index in [-0.39, 0.29) is 17.6 Å². The van der Waals surface area contributed by atoms with Gasteiger partial charge in [-0.1, -0.05) is 35.4 Å². The second kappa shape index (κ2) is 2.12. The van der Waals surface area contributed by atoms with Crippen molar-refractivity contribution in [2.75, 3.05) is 0 Å². The molecule has 2 rings (SSSR count). The lowest BCUT2D eigenvalue weighted by molar-refractivity contribution is -0.132. The van der Waals surface area contributed by atoms with E-state index in [4.69, 9.17) is 23.2 Å². The first-order valence-corrected chi connectivity index (χ1v) is 5.56. The molecule has 0 saturated heterocycles. The Morgan fingerprint density at radius 3 is 2.64 bits per heavy atom. The van der Waals surface area contributed by atoms with Crippen molar-refractivity contribution in [1.29, 1.82) is 0 Å². The number of allylic oxidation sites excluding steroid dienone is 2. The number of Topliss-reactive ketones (excluding diaryl/α,β-unsaturated/α-hetero) is 1. The summed E-state index contributed by atoms with van der Waals surface area (Å²) in [6.07, 6.45) is 4.07. The van der Waals surface area contributed by atoms with Gasteiger partial charge in [-0.3, -0.25) is 4.79 Å². The number of fused-ring (bicyclic) bond motifs is 1. The summed E-state index contributed by atoms with van der Waals surface area (Å²) in [4.78, 5) is 11.3. The number of carbonyl (C=O) groups excluding carboxylic acids is 1. The van der Waals surface area contributed by atoms with E-state index < -0.39 is 4.33 Å². The molecule has 2 aliphatic carbocycles. The van der Waals surface area contributed by atoms with E-state index in [9.17, 15) is 4.79 Å². The highest BCUT2D eigenvalue weighted by atomic mass is 35.5. The molecule has 0 aromatic rings. The molecule has 0 bridgehead atoms. The molecule has 3 atom stereocenters. The van der Waals surface area contributed by atoms with Crippen molar-refractivity contribution in [3.8, 4) is 0 Å². The van der Waals surface area contributed by atoms with Crippen molar-refractivity contribution in [2.45, 2.75) is 9.87 Å². The number of hydrogen-bond donors (Lipinski definition) is 0. The molecule has 1 nitrogen and oxygen atoms in total. The Balaban J connectivity index is 2.29. The minimum absolute atomic E-state index is 0.0239. The highest BCUT2D eigenvalue weighted by Gasteiger charge is 2.62. The zero-order valence-corrected chi connectivity index (χ0v) is 9.56. The predicted molar refractivity (Wildman–Crippen MR) is 49.3 cm³/mol. The van der Waals surface area contributed by atoms with E-state index in [1.165, 1.54) is 0 Å². The van der Waals surface area contributed by atoms with E-state index in [0.717, 1.165) is 10.2 Å². The van der Waals surface area contributed by atoms with E-state index >= 15 is 0 Å². The molecule has 0 radical (unpaired) electrons. The molecule has 60 valence electrons. The fourth-order valence-corrected chi connectivity index (χ4v) is 3.51. The summed E-state index contributed by atoms with van der Waals surface area (Å²) in [7, 11) is 1.02. The smallest absolute Gasteiger partial charge is 0.183 e. The first-order chi connectivity index (χ1) is 5.05. The third-order valence-corrected chi connectivity index (χ3v) is 4.60. The number of halogens is 2. The average Bonchev–Trinajstić information content (AvgIpc) is 2.29. The van der Waals surface area contributed by atoms with E-state index in [0.29, 0.717) is 5.54 Å². The minimum atomic E-state index is -1.10. The van der Waals surface area contributed by atoms with Crippen molar-refractivity contribution in [3.05, 3.63) is 12.2 Å². The zero-order valence-electron chi connectivity index (χ0n) is 6.05. The first kappa shape index (κ1) is 7.84. The summed E-state index contributed by atoms with van der Waals surface area (Å²) in [5, 5.41) is 0. The second-order valence-electron chi connectivity index (χ2n) is 3.28. The van der Waals surface area contributed by atoms with E-state index in [1.807, 2.05) is 6.08 Å². The Bertz CT molecular complexity index is 249. The maximum absolute atomic E-state index is 11.3. The third kappa shape index (κ3) is 0.806. The van der Waals surface area contributed by atoms with Crippen LogP contribution >= 0.6 is 23.2 Å². The number of alkyl halides is 2. The van der Waals surface area contributed by atoms with Crippen LogP contribution in [0.3, 0.4) is 0 Å². The van der Waals surface area contributed by atoms with E-state index in [2.05, 4.69) is 6.08 Å². The molecule has 0 heterocycles. The van der Waals surface area contributed by atoms with Crippen LogP contribution in [0.2, 0.25) is 5.54 Å². The number of ketones is 1. The Hall–Kier alpha value is 0.207. The highest BCUT2D eigenvalue weighted by Crippen LogP contribution is 2.56. The molecular weight excluding hydrogens is 199 g/mol. The number of hydrogen-bond acceptors (Lipinski definition) is 1. The predicted octanol–water partition coefficient (Wildman–Crippen LogP) is 0.699. The van der Waals surface area contributed by atoms with Crippen molar-refractivity contribution >= 4 is 39.2 Å². The third-order valence-electron chi connectivity index (χ3n) is 2.63. The van der Waals surface area contributed by atoms with Crippen LogP contribution in [0.1, 0.15) is 0 Å². The lowest BCUT2D eigenvalue weighted by atomic mass is 9.73. The minimum Gasteiger partial charge on any atom is -0.296 e. The van der Waals surface area contributed by atoms with Crippen LogP contribution < -0.4 is 0 Å². The van der Waals surface area contributed by atoms with Crippen LogP contribution in [0.15, 0.2) is 12.2 Å². The summed E-state index contributed by atoms with van der Waals surface area (Å²) in [6, 6.07) is 0. The SMILES string of the molecule is O=C1[C@@H]2[C@@H]([SiH3])C=C[C@@H]2C1(Cl)Cl. The lowest BCUT2D eigenvalue weighted by Crippen LogP contribution is -2.54. The van der Waals surface area contributed by atoms with Gasteiger partial charge in [0.25, 0.3) is 0 Å². The molecule has 2 aliphatic rings. The van der Waals surface area contributed by atoms with Gasteiger partial charge in [-0.2, -0.15) is 0 Å². The van der Waals surface area contributed by atoms with Gasteiger partial charge < -0.3 is 0 Å². The van der Waals surface area contributed by atoms with Crippen LogP contribution in [0.4, 0.5) is 0 Å². The summed E-state index contributed by atoms with van der Waals surface area (Å²) >= 11 is 11.6. The van der Waals surface area contributed by atoms with Gasteiger partial charge >= 0.3 is 0 Å². The van der Waals surface area contributed by atoms with Gasteiger partial charge in [0.1, 0.15) is 0 Å². The monoisotopic (exact) mass is 206 g/mol. The van der Waals surface area contributed by atoms with Crippen molar-refractivity contribution in [2.24, 2.45) is 11.8 Å². The van der Waals surface area contributed by atoms with Gasteiger partial charge in [-0.25, -0.2) is 0 Å². The number of carbonyl (C=O) groups is 1. The lowest BCUT2D eigenvalue weighted by Gasteiger charge is -2.42. The van der Waals surface area contributed by atoms with Gasteiger partial charge in [0, 0.05) is 22.1 Å². The molecule has 0 unspecified atom stereocenters. The molecule has 0 amide bonds. The molecule has 0 aromatic heterocycles.